The van der Waals surface area contributed by atoms with Crippen molar-refractivity contribution in [3.63, 3.8) is 0 Å². The van der Waals surface area contributed by atoms with Gasteiger partial charge in [0, 0.05) is 30.1 Å². The molecule has 0 aliphatic carbocycles. The van der Waals surface area contributed by atoms with Crippen LogP contribution in [0, 0.1) is 0 Å². The van der Waals surface area contributed by atoms with Crippen LogP contribution < -0.4 is 19.7 Å². The minimum Gasteiger partial charge on any atom is -0.477 e. The minimum absolute atomic E-state index is 0.247. The van der Waals surface area contributed by atoms with Crippen molar-refractivity contribution >= 4 is 17.5 Å². The average molecular weight is 511 g/mol. The van der Waals surface area contributed by atoms with E-state index in [4.69, 9.17) is 24.2 Å². The molecule has 9 heteroatoms. The van der Waals surface area contributed by atoms with E-state index < -0.39 is 0 Å². The molecule has 2 aromatic heterocycles. The van der Waals surface area contributed by atoms with Crippen molar-refractivity contribution in [2.75, 3.05) is 36.6 Å². The lowest BCUT2D eigenvalue weighted by Gasteiger charge is -2.36. The van der Waals surface area contributed by atoms with E-state index in [1.165, 1.54) is 0 Å². The summed E-state index contributed by atoms with van der Waals surface area (Å²) in [5.74, 6) is 3.28. The molecular formula is C29H30N6O3. The second-order valence-corrected chi connectivity index (χ2v) is 9.42. The normalized spacial score (nSPS) is 16.9. The van der Waals surface area contributed by atoms with E-state index in [9.17, 15) is 0 Å². The molecule has 0 bridgehead atoms. The van der Waals surface area contributed by atoms with Gasteiger partial charge in [-0.15, -0.1) is 0 Å². The molecular weight excluding hydrogens is 480 g/mol. The summed E-state index contributed by atoms with van der Waals surface area (Å²) < 4.78 is 17.4. The highest BCUT2D eigenvalue weighted by Crippen LogP contribution is 2.35. The molecule has 2 aliphatic heterocycles. The van der Waals surface area contributed by atoms with Crippen molar-refractivity contribution in [1.82, 2.24) is 19.9 Å². The van der Waals surface area contributed by atoms with Gasteiger partial charge in [-0.3, -0.25) is 0 Å². The molecule has 38 heavy (non-hydrogen) atoms. The third-order valence-electron chi connectivity index (χ3n) is 6.66. The Kier molecular flexibility index (Phi) is 6.99. The van der Waals surface area contributed by atoms with Crippen molar-refractivity contribution in [3.8, 4) is 23.1 Å². The van der Waals surface area contributed by atoms with Gasteiger partial charge in [-0.2, -0.15) is 9.97 Å². The molecule has 1 saturated heterocycles. The molecule has 2 aromatic carbocycles. The van der Waals surface area contributed by atoms with Crippen molar-refractivity contribution < 1.29 is 14.2 Å². The van der Waals surface area contributed by atoms with Gasteiger partial charge in [0.1, 0.15) is 12.4 Å². The largest absolute Gasteiger partial charge is 0.477 e. The summed E-state index contributed by atoms with van der Waals surface area (Å²) in [5, 5.41) is 3.25. The highest BCUT2D eigenvalue weighted by Gasteiger charge is 2.28. The monoisotopic (exact) mass is 510 g/mol. The van der Waals surface area contributed by atoms with Crippen LogP contribution in [0.15, 0.2) is 66.9 Å². The summed E-state index contributed by atoms with van der Waals surface area (Å²) in [6, 6.07) is 19.9. The maximum Gasteiger partial charge on any atom is 0.230 e. The van der Waals surface area contributed by atoms with E-state index in [1.807, 2.05) is 54.6 Å². The fourth-order valence-corrected chi connectivity index (χ4v) is 4.66. The van der Waals surface area contributed by atoms with Crippen LogP contribution in [0.25, 0.3) is 11.4 Å². The quantitative estimate of drug-likeness (QED) is 0.376. The van der Waals surface area contributed by atoms with Gasteiger partial charge in [0.25, 0.3) is 0 Å². The van der Waals surface area contributed by atoms with Crippen molar-refractivity contribution in [1.29, 1.82) is 0 Å². The molecule has 0 spiro atoms. The zero-order valence-corrected chi connectivity index (χ0v) is 21.3. The zero-order valence-electron chi connectivity index (χ0n) is 21.3. The lowest BCUT2D eigenvalue weighted by molar-refractivity contribution is 0.0983. The van der Waals surface area contributed by atoms with Gasteiger partial charge in [0.15, 0.2) is 5.82 Å². The molecule has 1 atom stereocenters. The number of nitrogens with zero attached hydrogens (tertiary/aromatic N) is 5. The van der Waals surface area contributed by atoms with Crippen LogP contribution in [-0.2, 0) is 17.8 Å². The minimum atomic E-state index is 0.247. The lowest BCUT2D eigenvalue weighted by Crippen LogP contribution is -2.45. The van der Waals surface area contributed by atoms with Crippen LogP contribution in [0.4, 0.5) is 17.5 Å². The van der Waals surface area contributed by atoms with E-state index >= 15 is 0 Å². The van der Waals surface area contributed by atoms with Gasteiger partial charge >= 0.3 is 0 Å². The van der Waals surface area contributed by atoms with Crippen LogP contribution >= 0.6 is 0 Å². The molecule has 194 valence electrons. The third-order valence-corrected chi connectivity index (χ3v) is 6.66. The van der Waals surface area contributed by atoms with Gasteiger partial charge in [-0.05, 0) is 49.6 Å². The Labute approximate surface area is 221 Å². The van der Waals surface area contributed by atoms with Crippen molar-refractivity contribution in [2.45, 2.75) is 32.4 Å². The fraction of sp³-hybridized carbons (Fsp3) is 0.310. The predicted molar refractivity (Wildman–Crippen MR) is 145 cm³/mol. The first-order valence-corrected chi connectivity index (χ1v) is 13.0. The summed E-state index contributed by atoms with van der Waals surface area (Å²) in [4.78, 5) is 20.9. The number of ether oxygens (including phenoxy) is 3. The standard InChI is InChI=1S/C29H30N6O3/c1-20-18-36-17-15-35(20)27-24-8-5-16-37-28(24)34-26(33-27)22-9-11-23(12-10-22)31-29-30-14-13-25(32-29)38-19-21-6-3-2-4-7-21/h2-4,6-7,9-14,20H,5,8,15-19H2,1H3,(H,30,31,32). The molecule has 0 saturated carbocycles. The van der Waals surface area contributed by atoms with Crippen LogP contribution in [0.3, 0.4) is 0 Å². The summed E-state index contributed by atoms with van der Waals surface area (Å²) >= 11 is 0. The van der Waals surface area contributed by atoms with Crippen LogP contribution in [0.5, 0.6) is 11.8 Å². The zero-order chi connectivity index (χ0) is 25.7. The maximum atomic E-state index is 5.96. The Morgan fingerprint density at radius 3 is 2.71 bits per heavy atom. The molecule has 2 aliphatic rings. The van der Waals surface area contributed by atoms with E-state index in [0.717, 1.165) is 47.6 Å². The maximum absolute atomic E-state index is 5.96. The van der Waals surface area contributed by atoms with E-state index in [2.05, 4.69) is 27.1 Å². The Bertz CT molecular complexity index is 1380. The summed E-state index contributed by atoms with van der Waals surface area (Å²) in [6.07, 6.45) is 3.58. The third kappa shape index (κ3) is 5.38. The van der Waals surface area contributed by atoms with Gasteiger partial charge in [0.2, 0.25) is 17.7 Å². The highest BCUT2D eigenvalue weighted by molar-refractivity contribution is 5.66. The molecule has 1 fully saturated rings. The Morgan fingerprint density at radius 1 is 1.00 bits per heavy atom. The van der Waals surface area contributed by atoms with Crippen LogP contribution in [0.1, 0.15) is 24.5 Å². The first-order valence-electron chi connectivity index (χ1n) is 13.0. The smallest absolute Gasteiger partial charge is 0.230 e. The number of fused-ring (bicyclic) bond motifs is 1. The van der Waals surface area contributed by atoms with Crippen molar-refractivity contribution in [3.05, 3.63) is 78.0 Å². The molecule has 0 amide bonds. The SMILES string of the molecule is CC1COCCN1c1nc(-c2ccc(Nc3nccc(OCc4ccccc4)n3)cc2)nc2c1CCCO2. The molecule has 4 aromatic rings. The van der Waals surface area contributed by atoms with Gasteiger partial charge in [-0.25, -0.2) is 9.97 Å². The van der Waals surface area contributed by atoms with Gasteiger partial charge < -0.3 is 24.4 Å². The molecule has 1 N–H and O–H groups in total. The second-order valence-electron chi connectivity index (χ2n) is 9.42. The molecule has 6 rings (SSSR count). The number of aromatic nitrogens is 4. The van der Waals surface area contributed by atoms with Crippen molar-refractivity contribution in [2.24, 2.45) is 0 Å². The summed E-state index contributed by atoms with van der Waals surface area (Å²) in [6.45, 7) is 5.48. The van der Waals surface area contributed by atoms with Crippen LogP contribution in [-0.4, -0.2) is 52.3 Å². The average Bonchev–Trinajstić information content (AvgIpc) is 2.97. The van der Waals surface area contributed by atoms with E-state index in [0.29, 0.717) is 50.0 Å². The topological polar surface area (TPSA) is 94.5 Å². The predicted octanol–water partition coefficient (Wildman–Crippen LogP) is 4.81. The first-order chi connectivity index (χ1) is 18.7. The fourth-order valence-electron chi connectivity index (χ4n) is 4.66. The summed E-state index contributed by atoms with van der Waals surface area (Å²) in [5.41, 5.74) is 3.94. The molecule has 9 nitrogen and oxygen atoms in total. The second kappa shape index (κ2) is 11.0. The molecule has 1 unspecified atom stereocenters. The Balaban J connectivity index is 1.19. The number of nitrogens with one attached hydrogen (secondary N) is 1. The number of rotatable bonds is 7. The summed E-state index contributed by atoms with van der Waals surface area (Å²) in [7, 11) is 0. The molecule has 4 heterocycles. The van der Waals surface area contributed by atoms with Gasteiger partial charge in [0.05, 0.1) is 31.4 Å². The number of anilines is 3. The number of hydrogen-bond acceptors (Lipinski definition) is 9. The lowest BCUT2D eigenvalue weighted by atomic mass is 10.1. The Morgan fingerprint density at radius 2 is 1.87 bits per heavy atom. The van der Waals surface area contributed by atoms with Crippen LogP contribution in [0.2, 0.25) is 0 Å². The number of benzene rings is 2. The van der Waals surface area contributed by atoms with E-state index in [1.54, 1.807) is 12.3 Å². The Hall–Kier alpha value is -4.24. The number of hydrogen-bond donors (Lipinski definition) is 1. The van der Waals surface area contributed by atoms with Gasteiger partial charge in [-0.1, -0.05) is 30.3 Å². The highest BCUT2D eigenvalue weighted by atomic mass is 16.5. The number of morpholine rings is 1. The van der Waals surface area contributed by atoms with E-state index in [-0.39, 0.29) is 6.04 Å². The first kappa shape index (κ1) is 24.1. The molecule has 0 radical (unpaired) electrons.